The quantitative estimate of drug-likeness (QED) is 0.0404. The third-order valence-electron chi connectivity index (χ3n) is 14.3. The van der Waals surface area contributed by atoms with Gasteiger partial charge in [0.1, 0.15) is 66.4 Å². The number of aromatic hydroxyl groups is 1. The summed E-state index contributed by atoms with van der Waals surface area (Å²) in [6.07, 6.45) is -10.4. The van der Waals surface area contributed by atoms with Crippen molar-refractivity contribution in [2.24, 2.45) is 23.1 Å². The molecule has 32 heteroatoms. The lowest BCUT2D eigenvalue weighted by Gasteiger charge is -2.42. The fourth-order valence-electron chi connectivity index (χ4n) is 9.52. The maximum Gasteiger partial charge on any atom is 0.248 e. The second kappa shape index (κ2) is 36.2. The Hall–Kier alpha value is -6.72. The standard InChI is InChI=1S/C52H85N11O21/c1-2-3-4-5-6-7-8-9-10-11-28(45-44(76)42(74)34(68)24-84-45)41(73)33(67)18-26-19-36(70)59-31(22-64)49(80)62-38(40(72)25-12-14-27(66)15-13-25)52(83)60-29(16-17-53)47(78)56-21-37(71)58-30(20-35(54)69)48(79)61-32(23-65)50(81)63-39(51(82)57-26)43(75)46(55)77/h12-15,26,28-34,38-45,64-68,72-76H,2-11,16-24,53H2,1H3,(H2,54,69)(H2,55,77)(H,56,78)(H,57,82)(H,58,71)(H,59,70)(H,60,83)(H,61,79)(H,62,80)(H,63,81)/t26?,28-,29+,30?,31+,32-,33+,34+,38?,39?,40?,41+,42-,43-,44?,45+/m0/s1. The van der Waals surface area contributed by atoms with Crippen molar-refractivity contribution in [2.45, 2.75) is 188 Å². The minimum Gasteiger partial charge on any atom is -0.508 e. The molecule has 0 spiro atoms. The molecule has 2 aliphatic rings. The van der Waals surface area contributed by atoms with E-state index in [0.717, 1.165) is 69.2 Å². The normalized spacial score (nSPS) is 27.7. The number of nitrogens with two attached hydrogens (primary N) is 3. The zero-order chi connectivity index (χ0) is 62.8. The highest BCUT2D eigenvalue weighted by Gasteiger charge is 2.46. The van der Waals surface area contributed by atoms with Crippen LogP contribution in [0, 0.1) is 5.92 Å². The number of hydrogen-bond acceptors (Lipinski definition) is 22. The van der Waals surface area contributed by atoms with E-state index in [2.05, 4.69) is 38.8 Å². The fraction of sp³-hybridized carbons (Fsp3) is 0.692. The minimum absolute atomic E-state index is 0.0435. The Labute approximate surface area is 483 Å². The number of nitrogens with one attached hydrogen (secondary N) is 8. The van der Waals surface area contributed by atoms with Gasteiger partial charge in [-0.05, 0) is 43.5 Å². The maximum atomic E-state index is 14.3. The highest BCUT2D eigenvalue weighted by atomic mass is 16.5. The number of aliphatic hydroxyl groups excluding tert-OH is 9. The van der Waals surface area contributed by atoms with Crippen LogP contribution in [0.2, 0.25) is 0 Å². The number of amides is 10. The lowest BCUT2D eigenvalue weighted by Crippen LogP contribution is -2.63. The van der Waals surface area contributed by atoms with Crippen molar-refractivity contribution in [3.63, 3.8) is 0 Å². The number of carbonyl (C=O) groups excluding carboxylic acids is 10. The highest BCUT2D eigenvalue weighted by molar-refractivity contribution is 5.99. The Balaban J connectivity index is 2.16. The first-order chi connectivity index (χ1) is 39.8. The van der Waals surface area contributed by atoms with Crippen LogP contribution in [-0.4, -0.2) is 228 Å². The van der Waals surface area contributed by atoms with Gasteiger partial charge in [-0.25, -0.2) is 0 Å². The van der Waals surface area contributed by atoms with Gasteiger partial charge in [0.15, 0.2) is 6.10 Å². The van der Waals surface area contributed by atoms with E-state index < -0.39 is 202 Å². The molecule has 0 radical (unpaired) electrons. The molecule has 0 aliphatic carbocycles. The summed E-state index contributed by atoms with van der Waals surface area (Å²) < 4.78 is 5.70. The van der Waals surface area contributed by atoms with Gasteiger partial charge in [-0.1, -0.05) is 76.8 Å². The van der Waals surface area contributed by atoms with E-state index in [1.54, 1.807) is 0 Å². The molecule has 1 aromatic carbocycles. The summed E-state index contributed by atoms with van der Waals surface area (Å²) in [6, 6.07) is -9.63. The van der Waals surface area contributed by atoms with E-state index in [4.69, 9.17) is 21.9 Å². The number of phenols is 1. The first kappa shape index (κ1) is 71.5. The van der Waals surface area contributed by atoms with Crippen LogP contribution in [0.4, 0.5) is 0 Å². The highest BCUT2D eigenvalue weighted by Crippen LogP contribution is 2.31. The van der Waals surface area contributed by atoms with Gasteiger partial charge in [-0.3, -0.25) is 47.9 Å². The van der Waals surface area contributed by atoms with Gasteiger partial charge >= 0.3 is 0 Å². The largest absolute Gasteiger partial charge is 0.508 e. The molecule has 0 aromatic heterocycles. The molecule has 2 aliphatic heterocycles. The number of rotatable bonds is 25. The molecule has 16 atom stereocenters. The van der Waals surface area contributed by atoms with Crippen molar-refractivity contribution in [3.05, 3.63) is 29.8 Å². The SMILES string of the molecule is CCCCCCCCCCC[C@@H]([C@@H](O)[C@H](O)CC1CC(=O)N[C@H](CO)C(=O)NC(C(O)c2ccc(O)cc2)C(=O)N[C@H](CCN)C(=O)NCC(=O)NC(CC(N)=O)C(=O)N[C@@H](CO)C(=O)NC([C@H](O)C(N)=O)C(=O)N1)[C@H]1OC[C@@H](O)[C@H](O)C1O. The van der Waals surface area contributed by atoms with E-state index in [-0.39, 0.29) is 30.7 Å². The molecule has 32 nitrogen and oxygen atoms in total. The van der Waals surface area contributed by atoms with E-state index in [0.29, 0.717) is 12.8 Å². The summed E-state index contributed by atoms with van der Waals surface area (Å²) in [6.45, 7) is -2.23. The van der Waals surface area contributed by atoms with E-state index >= 15 is 0 Å². The molecule has 2 fully saturated rings. The Morgan fingerprint density at radius 3 is 1.75 bits per heavy atom. The van der Waals surface area contributed by atoms with Gasteiger partial charge in [0.2, 0.25) is 59.1 Å². The predicted molar refractivity (Wildman–Crippen MR) is 291 cm³/mol. The lowest BCUT2D eigenvalue weighted by molar-refractivity contribution is -0.215. The molecular weight excluding hydrogens is 1110 g/mol. The molecule has 10 amide bonds. The molecule has 3 rings (SSSR count). The maximum absolute atomic E-state index is 14.3. The molecule has 1 aromatic rings. The van der Waals surface area contributed by atoms with Gasteiger partial charge in [-0.2, -0.15) is 0 Å². The number of aliphatic hydroxyl groups is 9. The minimum atomic E-state index is -2.66. The van der Waals surface area contributed by atoms with Crippen LogP contribution < -0.4 is 59.7 Å². The van der Waals surface area contributed by atoms with Crippen molar-refractivity contribution in [2.75, 3.05) is 32.9 Å². The summed E-state index contributed by atoms with van der Waals surface area (Å²) in [5.74, 6) is -15.1. The number of hydrogen-bond donors (Lipinski definition) is 21. The number of ether oxygens (including phenoxy) is 1. The van der Waals surface area contributed by atoms with Gasteiger partial charge in [0, 0.05) is 18.4 Å². The monoisotopic (exact) mass is 1200 g/mol. The number of primary amides is 2. The average molecular weight is 1200 g/mol. The second-order valence-electron chi connectivity index (χ2n) is 20.9. The zero-order valence-corrected chi connectivity index (χ0v) is 46.7. The lowest BCUT2D eigenvalue weighted by atomic mass is 9.80. The van der Waals surface area contributed by atoms with E-state index in [1.807, 2.05) is 10.6 Å². The van der Waals surface area contributed by atoms with Crippen molar-refractivity contribution in [1.82, 2.24) is 42.5 Å². The van der Waals surface area contributed by atoms with E-state index in [9.17, 15) is 99.0 Å². The number of carbonyl (C=O) groups is 10. The van der Waals surface area contributed by atoms with Gasteiger partial charge in [0.05, 0.1) is 51.1 Å². The van der Waals surface area contributed by atoms with Gasteiger partial charge in [0.25, 0.3) is 0 Å². The topological polar surface area (TPSA) is 557 Å². The molecule has 2 heterocycles. The Bertz CT molecular complexity index is 2340. The van der Waals surface area contributed by atoms with Crippen molar-refractivity contribution < 1.29 is 104 Å². The Morgan fingerprint density at radius 1 is 0.643 bits per heavy atom. The molecule has 6 unspecified atom stereocenters. The molecule has 0 bridgehead atoms. The summed E-state index contributed by atoms with van der Waals surface area (Å²) in [7, 11) is 0. The average Bonchev–Trinajstić information content (AvgIpc) is 2.76. The zero-order valence-electron chi connectivity index (χ0n) is 46.7. The van der Waals surface area contributed by atoms with Crippen molar-refractivity contribution >= 4 is 59.1 Å². The number of benzene rings is 1. The van der Waals surface area contributed by atoms with E-state index in [1.165, 1.54) is 0 Å². The Kier molecular flexibility index (Phi) is 30.8. The molecule has 24 N–H and O–H groups in total. The molecule has 2 saturated heterocycles. The fourth-order valence-corrected chi connectivity index (χ4v) is 9.52. The van der Waals surface area contributed by atoms with Gasteiger partial charge in [-0.15, -0.1) is 0 Å². The summed E-state index contributed by atoms with van der Waals surface area (Å²) >= 11 is 0. The first-order valence-electron chi connectivity index (χ1n) is 27.8. The van der Waals surface area contributed by atoms with Crippen LogP contribution in [-0.2, 0) is 52.7 Å². The molecule has 474 valence electrons. The van der Waals surface area contributed by atoms with Crippen LogP contribution in [0.25, 0.3) is 0 Å². The van der Waals surface area contributed by atoms with Crippen LogP contribution in [0.3, 0.4) is 0 Å². The third kappa shape index (κ3) is 22.7. The summed E-state index contributed by atoms with van der Waals surface area (Å²) in [4.78, 5) is 135. The Morgan fingerprint density at radius 2 is 1.18 bits per heavy atom. The number of phenolic OH excluding ortho intramolecular Hbond substituents is 1. The predicted octanol–water partition coefficient (Wildman–Crippen LogP) is -8.48. The van der Waals surface area contributed by atoms with Crippen LogP contribution in [0.1, 0.15) is 108 Å². The van der Waals surface area contributed by atoms with Crippen molar-refractivity contribution in [1.29, 1.82) is 0 Å². The summed E-state index contributed by atoms with van der Waals surface area (Å²) in [5, 5.41) is 126. The van der Waals surface area contributed by atoms with Crippen LogP contribution in [0.15, 0.2) is 24.3 Å². The first-order valence-corrected chi connectivity index (χ1v) is 27.8. The molecule has 0 saturated carbocycles. The van der Waals surface area contributed by atoms with Crippen LogP contribution in [0.5, 0.6) is 5.75 Å². The summed E-state index contributed by atoms with van der Waals surface area (Å²) in [5.41, 5.74) is 16.3. The van der Waals surface area contributed by atoms with Crippen LogP contribution >= 0.6 is 0 Å². The molecule has 84 heavy (non-hydrogen) atoms. The third-order valence-corrected chi connectivity index (χ3v) is 14.3. The van der Waals surface area contributed by atoms with Crippen molar-refractivity contribution in [3.8, 4) is 5.75 Å². The molecular formula is C52H85N11O21. The number of unbranched alkanes of at least 4 members (excludes halogenated alkanes) is 8. The smallest absolute Gasteiger partial charge is 0.248 e. The second-order valence-corrected chi connectivity index (χ2v) is 20.9. The van der Waals surface area contributed by atoms with Gasteiger partial charge < -0.3 is 116 Å².